The molecular formula is C13H16O7. The summed E-state index contributed by atoms with van der Waals surface area (Å²) in [6.45, 7) is 2.90. The highest BCUT2D eigenvalue weighted by atomic mass is 16.6. The number of hydrogen-bond donors (Lipinski definition) is 0. The van der Waals surface area contributed by atoms with Gasteiger partial charge in [0.25, 0.3) is 0 Å². The Morgan fingerprint density at radius 1 is 1.05 bits per heavy atom. The van der Waals surface area contributed by atoms with Gasteiger partial charge in [-0.3, -0.25) is 9.59 Å². The van der Waals surface area contributed by atoms with Crippen molar-refractivity contribution >= 4 is 17.9 Å². The van der Waals surface area contributed by atoms with Crippen molar-refractivity contribution in [3.63, 3.8) is 0 Å². The van der Waals surface area contributed by atoms with Crippen LogP contribution in [0.3, 0.4) is 0 Å². The van der Waals surface area contributed by atoms with Crippen molar-refractivity contribution in [3.8, 4) is 0 Å². The van der Waals surface area contributed by atoms with Crippen LogP contribution < -0.4 is 0 Å². The number of carbonyl (C=O) groups is 3. The van der Waals surface area contributed by atoms with E-state index in [1.54, 1.807) is 6.92 Å². The van der Waals surface area contributed by atoms with Gasteiger partial charge in [0.2, 0.25) is 11.2 Å². The molecule has 0 fully saturated rings. The Labute approximate surface area is 115 Å². The zero-order valence-electron chi connectivity index (χ0n) is 11.9. The highest BCUT2D eigenvalue weighted by molar-refractivity contribution is 6.05. The lowest BCUT2D eigenvalue weighted by atomic mass is 9.86. The van der Waals surface area contributed by atoms with Gasteiger partial charge in [-0.25, -0.2) is 4.79 Å². The Kier molecular flexibility index (Phi) is 4.54. The fourth-order valence-corrected chi connectivity index (χ4v) is 1.86. The Bertz CT molecular complexity index is 525. The number of carbonyl (C=O) groups excluding carboxylic acids is 3. The fourth-order valence-electron chi connectivity index (χ4n) is 1.86. The summed E-state index contributed by atoms with van der Waals surface area (Å²) in [5, 5.41) is 0. The van der Waals surface area contributed by atoms with Crippen molar-refractivity contribution in [1.82, 2.24) is 0 Å². The monoisotopic (exact) mass is 284 g/mol. The number of rotatable bonds is 4. The number of furan rings is 1. The molecule has 0 bridgehead atoms. The summed E-state index contributed by atoms with van der Waals surface area (Å²) < 4.78 is 19.1. The average molecular weight is 284 g/mol. The molecule has 7 nitrogen and oxygen atoms in total. The first-order valence-electron chi connectivity index (χ1n) is 5.69. The topological polar surface area (TPSA) is 92.0 Å². The zero-order chi connectivity index (χ0) is 15.5. The molecule has 110 valence electrons. The van der Waals surface area contributed by atoms with Crippen LogP contribution in [0.1, 0.15) is 28.8 Å². The normalized spacial score (nSPS) is 10.8. The average Bonchev–Trinajstić information content (AvgIpc) is 2.85. The highest BCUT2D eigenvalue weighted by Gasteiger charge is 2.50. The fraction of sp³-hybridized carbons (Fsp3) is 0.462. The van der Waals surface area contributed by atoms with Gasteiger partial charge in [0.15, 0.2) is 0 Å². The predicted octanol–water partition coefficient (Wildman–Crippen LogP) is 0.978. The molecule has 0 N–H and O–H groups in total. The van der Waals surface area contributed by atoms with Gasteiger partial charge in [0.05, 0.1) is 21.3 Å². The van der Waals surface area contributed by atoms with Crippen LogP contribution in [-0.2, 0) is 29.2 Å². The lowest BCUT2D eigenvalue weighted by Crippen LogP contribution is -2.42. The van der Waals surface area contributed by atoms with Crippen LogP contribution in [-0.4, -0.2) is 39.2 Å². The second-order valence-corrected chi connectivity index (χ2v) is 4.22. The van der Waals surface area contributed by atoms with Gasteiger partial charge in [0, 0.05) is 0 Å². The van der Waals surface area contributed by atoms with E-state index in [4.69, 9.17) is 4.42 Å². The molecule has 1 aromatic heterocycles. The Hall–Kier alpha value is -2.31. The first-order valence-corrected chi connectivity index (χ1v) is 5.69. The van der Waals surface area contributed by atoms with Crippen LogP contribution in [0.4, 0.5) is 0 Å². The minimum Gasteiger partial charge on any atom is -0.468 e. The van der Waals surface area contributed by atoms with E-state index in [0.717, 1.165) is 14.2 Å². The van der Waals surface area contributed by atoms with Gasteiger partial charge in [0.1, 0.15) is 5.76 Å². The van der Waals surface area contributed by atoms with E-state index in [1.807, 2.05) is 0 Å². The van der Waals surface area contributed by atoms with Crippen LogP contribution in [0.25, 0.3) is 0 Å². The summed E-state index contributed by atoms with van der Waals surface area (Å²) >= 11 is 0. The summed E-state index contributed by atoms with van der Waals surface area (Å²) in [4.78, 5) is 35.3. The van der Waals surface area contributed by atoms with E-state index in [-0.39, 0.29) is 11.5 Å². The molecule has 0 saturated heterocycles. The molecular weight excluding hydrogens is 268 g/mol. The van der Waals surface area contributed by atoms with Gasteiger partial charge in [-0.05, 0) is 25.5 Å². The molecule has 1 aromatic rings. The second kappa shape index (κ2) is 5.77. The smallest absolute Gasteiger partial charge is 0.373 e. The van der Waals surface area contributed by atoms with E-state index in [1.165, 1.54) is 20.1 Å². The molecule has 20 heavy (non-hydrogen) atoms. The van der Waals surface area contributed by atoms with Gasteiger partial charge in [-0.2, -0.15) is 0 Å². The van der Waals surface area contributed by atoms with Crippen LogP contribution >= 0.6 is 0 Å². The van der Waals surface area contributed by atoms with Crippen molar-refractivity contribution in [3.05, 3.63) is 23.2 Å². The molecule has 1 heterocycles. The van der Waals surface area contributed by atoms with Crippen LogP contribution in [0.15, 0.2) is 10.5 Å². The van der Waals surface area contributed by atoms with E-state index < -0.39 is 23.3 Å². The Balaban J connectivity index is 3.43. The van der Waals surface area contributed by atoms with Crippen LogP contribution in [0, 0.1) is 6.92 Å². The van der Waals surface area contributed by atoms with E-state index in [2.05, 4.69) is 14.2 Å². The standard InChI is InChI=1S/C13H16O7/c1-7-6-8(10(14)17-3)20-9(7)13(2,11(15)18-4)12(16)19-5/h6H,1-5H3. The summed E-state index contributed by atoms with van der Waals surface area (Å²) in [5.41, 5.74) is -1.36. The molecule has 1 rings (SSSR count). The molecule has 0 spiro atoms. The Morgan fingerprint density at radius 2 is 1.55 bits per heavy atom. The van der Waals surface area contributed by atoms with Crippen molar-refractivity contribution in [1.29, 1.82) is 0 Å². The number of esters is 3. The minimum atomic E-state index is -1.79. The zero-order valence-corrected chi connectivity index (χ0v) is 11.9. The predicted molar refractivity (Wildman–Crippen MR) is 66.2 cm³/mol. The lowest BCUT2D eigenvalue weighted by molar-refractivity contribution is -0.162. The van der Waals surface area contributed by atoms with Crippen molar-refractivity contribution in [2.45, 2.75) is 19.3 Å². The van der Waals surface area contributed by atoms with Crippen molar-refractivity contribution in [2.75, 3.05) is 21.3 Å². The highest BCUT2D eigenvalue weighted by Crippen LogP contribution is 2.32. The molecule has 0 unspecified atom stereocenters. The summed E-state index contributed by atoms with van der Waals surface area (Å²) in [7, 11) is 3.48. The largest absolute Gasteiger partial charge is 0.468 e. The molecule has 0 amide bonds. The number of ether oxygens (including phenoxy) is 3. The van der Waals surface area contributed by atoms with E-state index in [9.17, 15) is 14.4 Å². The number of aryl methyl sites for hydroxylation is 1. The molecule has 0 aliphatic carbocycles. The second-order valence-electron chi connectivity index (χ2n) is 4.22. The first kappa shape index (κ1) is 15.7. The van der Waals surface area contributed by atoms with Crippen LogP contribution in [0.2, 0.25) is 0 Å². The molecule has 0 aromatic carbocycles. The summed E-state index contributed by atoms with van der Waals surface area (Å²) in [6, 6.07) is 1.38. The molecule has 7 heteroatoms. The van der Waals surface area contributed by atoms with E-state index >= 15 is 0 Å². The maximum atomic E-state index is 11.9. The molecule has 0 aliphatic heterocycles. The lowest BCUT2D eigenvalue weighted by Gasteiger charge is -2.22. The van der Waals surface area contributed by atoms with Crippen molar-refractivity contribution in [2.24, 2.45) is 0 Å². The van der Waals surface area contributed by atoms with Gasteiger partial charge >= 0.3 is 17.9 Å². The Morgan fingerprint density at radius 3 is 1.95 bits per heavy atom. The third-order valence-electron chi connectivity index (χ3n) is 2.95. The maximum Gasteiger partial charge on any atom is 0.373 e. The minimum absolute atomic E-state index is 0.0170. The summed E-state index contributed by atoms with van der Waals surface area (Å²) in [5.74, 6) is -2.54. The quantitative estimate of drug-likeness (QED) is 0.462. The summed E-state index contributed by atoms with van der Waals surface area (Å²) in [6.07, 6.45) is 0. The van der Waals surface area contributed by atoms with Gasteiger partial charge < -0.3 is 18.6 Å². The van der Waals surface area contributed by atoms with Crippen LogP contribution in [0.5, 0.6) is 0 Å². The third kappa shape index (κ3) is 2.38. The third-order valence-corrected chi connectivity index (χ3v) is 2.95. The maximum absolute atomic E-state index is 11.9. The van der Waals surface area contributed by atoms with Gasteiger partial charge in [-0.15, -0.1) is 0 Å². The molecule has 0 saturated carbocycles. The number of methoxy groups -OCH3 is 3. The van der Waals surface area contributed by atoms with E-state index in [0.29, 0.717) is 5.56 Å². The SMILES string of the molecule is COC(=O)c1cc(C)c(C(C)(C(=O)OC)C(=O)OC)o1. The molecule has 0 radical (unpaired) electrons. The molecule has 0 aliphatic rings. The molecule has 0 atom stereocenters. The van der Waals surface area contributed by atoms with Crippen molar-refractivity contribution < 1.29 is 33.0 Å². The van der Waals surface area contributed by atoms with Gasteiger partial charge in [-0.1, -0.05) is 0 Å². The first-order chi connectivity index (χ1) is 9.32. The number of hydrogen-bond acceptors (Lipinski definition) is 7.